The van der Waals surface area contributed by atoms with Gasteiger partial charge in [-0.25, -0.2) is 4.79 Å². The quantitative estimate of drug-likeness (QED) is 0.606. The monoisotopic (exact) mass is 359 g/mol. The zero-order chi connectivity index (χ0) is 18.5. The number of benzene rings is 2. The third-order valence-corrected chi connectivity index (χ3v) is 3.79. The molecular formula is C17H17N3O6. The van der Waals surface area contributed by atoms with Crippen molar-refractivity contribution in [2.24, 2.45) is 0 Å². The van der Waals surface area contributed by atoms with Gasteiger partial charge in [0.25, 0.3) is 5.69 Å². The molecule has 0 aromatic heterocycles. The molecule has 26 heavy (non-hydrogen) atoms. The lowest BCUT2D eigenvalue weighted by Crippen LogP contribution is -2.30. The maximum atomic E-state index is 12.0. The van der Waals surface area contributed by atoms with Crippen LogP contribution in [-0.4, -0.2) is 31.4 Å². The summed E-state index contributed by atoms with van der Waals surface area (Å²) in [7, 11) is 1.41. The van der Waals surface area contributed by atoms with Crippen molar-refractivity contribution in [3.63, 3.8) is 0 Å². The number of fused-ring (bicyclic) bond motifs is 1. The molecule has 2 amide bonds. The van der Waals surface area contributed by atoms with Crippen LogP contribution in [0.15, 0.2) is 36.4 Å². The van der Waals surface area contributed by atoms with Gasteiger partial charge in [0.15, 0.2) is 11.5 Å². The van der Waals surface area contributed by atoms with Crippen LogP contribution >= 0.6 is 0 Å². The molecule has 2 aromatic carbocycles. The number of anilines is 1. The Labute approximate surface area is 149 Å². The molecule has 0 unspecified atom stereocenters. The van der Waals surface area contributed by atoms with Crippen LogP contribution in [0.4, 0.5) is 16.2 Å². The first-order chi connectivity index (χ1) is 12.6. The number of urea groups is 1. The van der Waals surface area contributed by atoms with E-state index in [4.69, 9.17) is 14.2 Å². The van der Waals surface area contributed by atoms with Gasteiger partial charge in [0.2, 0.25) is 6.79 Å². The molecule has 0 radical (unpaired) electrons. The Kier molecular flexibility index (Phi) is 5.07. The molecule has 0 bridgehead atoms. The summed E-state index contributed by atoms with van der Waals surface area (Å²) >= 11 is 0. The number of nitrogens with zero attached hydrogens (tertiary/aromatic N) is 1. The Bertz CT molecular complexity index is 839. The SMILES string of the molecule is COc1ccc(NC(=O)NCCc2ccc3c(c2)OCO3)c([N+](=O)[O-])c1. The van der Waals surface area contributed by atoms with Crippen LogP contribution in [0.25, 0.3) is 0 Å². The van der Waals surface area contributed by atoms with Gasteiger partial charge in [-0.1, -0.05) is 6.07 Å². The van der Waals surface area contributed by atoms with Crippen LogP contribution in [0.3, 0.4) is 0 Å². The predicted molar refractivity (Wildman–Crippen MR) is 92.9 cm³/mol. The number of methoxy groups -OCH3 is 1. The van der Waals surface area contributed by atoms with Crippen molar-refractivity contribution >= 4 is 17.4 Å². The van der Waals surface area contributed by atoms with Gasteiger partial charge in [-0.2, -0.15) is 0 Å². The number of rotatable bonds is 6. The highest BCUT2D eigenvalue weighted by atomic mass is 16.7. The minimum Gasteiger partial charge on any atom is -0.496 e. The van der Waals surface area contributed by atoms with Crippen LogP contribution in [0.5, 0.6) is 17.2 Å². The van der Waals surface area contributed by atoms with Crippen LogP contribution < -0.4 is 24.8 Å². The molecule has 136 valence electrons. The second kappa shape index (κ2) is 7.60. The number of nitro benzene ring substituents is 1. The summed E-state index contributed by atoms with van der Waals surface area (Å²) in [5.41, 5.74) is 0.830. The first kappa shape index (κ1) is 17.3. The van der Waals surface area contributed by atoms with E-state index in [9.17, 15) is 14.9 Å². The van der Waals surface area contributed by atoms with E-state index < -0.39 is 11.0 Å². The average molecular weight is 359 g/mol. The average Bonchev–Trinajstić information content (AvgIpc) is 3.09. The highest BCUT2D eigenvalue weighted by molar-refractivity contribution is 5.92. The minimum absolute atomic E-state index is 0.0939. The van der Waals surface area contributed by atoms with Gasteiger partial charge >= 0.3 is 6.03 Å². The number of amides is 2. The van der Waals surface area contributed by atoms with E-state index in [2.05, 4.69) is 10.6 Å². The number of carbonyl (C=O) groups excluding carboxylic acids is 1. The van der Waals surface area contributed by atoms with Crippen molar-refractivity contribution in [3.05, 3.63) is 52.1 Å². The Morgan fingerprint density at radius 1 is 1.23 bits per heavy atom. The zero-order valence-electron chi connectivity index (χ0n) is 14.0. The van der Waals surface area contributed by atoms with E-state index in [1.165, 1.54) is 25.3 Å². The number of nitro groups is 1. The molecule has 0 aliphatic carbocycles. The zero-order valence-corrected chi connectivity index (χ0v) is 14.0. The highest BCUT2D eigenvalue weighted by Crippen LogP contribution is 2.32. The summed E-state index contributed by atoms with van der Waals surface area (Å²) < 4.78 is 15.5. The Balaban J connectivity index is 1.55. The van der Waals surface area contributed by atoms with Gasteiger partial charge in [0.1, 0.15) is 11.4 Å². The van der Waals surface area contributed by atoms with Crippen molar-refractivity contribution < 1.29 is 23.9 Å². The van der Waals surface area contributed by atoms with E-state index in [0.717, 1.165) is 5.56 Å². The fraction of sp³-hybridized carbons (Fsp3) is 0.235. The fourth-order valence-corrected chi connectivity index (χ4v) is 2.48. The van der Waals surface area contributed by atoms with Gasteiger partial charge in [0, 0.05) is 6.54 Å². The predicted octanol–water partition coefficient (Wildman–Crippen LogP) is 2.70. The maximum absolute atomic E-state index is 12.0. The minimum atomic E-state index is -0.579. The lowest BCUT2D eigenvalue weighted by molar-refractivity contribution is -0.384. The van der Waals surface area contributed by atoms with E-state index in [0.29, 0.717) is 30.2 Å². The lowest BCUT2D eigenvalue weighted by atomic mass is 10.1. The van der Waals surface area contributed by atoms with Crippen molar-refractivity contribution in [3.8, 4) is 17.2 Å². The molecule has 0 fully saturated rings. The smallest absolute Gasteiger partial charge is 0.319 e. The summed E-state index contributed by atoms with van der Waals surface area (Å²) in [4.78, 5) is 22.5. The van der Waals surface area contributed by atoms with Crippen LogP contribution in [-0.2, 0) is 6.42 Å². The molecule has 0 saturated heterocycles. The second-order valence-electron chi connectivity index (χ2n) is 5.46. The summed E-state index contributed by atoms with van der Waals surface area (Å²) in [6, 6.07) is 9.25. The molecule has 1 aliphatic heterocycles. The standard InChI is InChI=1S/C17H17N3O6/c1-24-12-3-4-13(14(9-12)20(22)23)19-17(21)18-7-6-11-2-5-15-16(8-11)26-10-25-15/h2-5,8-9H,6-7,10H2,1H3,(H2,18,19,21). The first-order valence-corrected chi connectivity index (χ1v) is 7.82. The molecule has 9 heteroatoms. The van der Waals surface area contributed by atoms with E-state index >= 15 is 0 Å². The van der Waals surface area contributed by atoms with Crippen LogP contribution in [0.2, 0.25) is 0 Å². The molecule has 3 rings (SSSR count). The summed E-state index contributed by atoms with van der Waals surface area (Å²) in [5, 5.41) is 16.3. The first-order valence-electron chi connectivity index (χ1n) is 7.82. The Hall–Kier alpha value is -3.49. The molecule has 1 heterocycles. The second-order valence-corrected chi connectivity index (χ2v) is 5.46. The van der Waals surface area contributed by atoms with E-state index in [-0.39, 0.29) is 18.2 Å². The van der Waals surface area contributed by atoms with Crippen LogP contribution in [0, 0.1) is 10.1 Å². The van der Waals surface area contributed by atoms with Gasteiger partial charge in [0.05, 0.1) is 18.1 Å². The highest BCUT2D eigenvalue weighted by Gasteiger charge is 2.17. The van der Waals surface area contributed by atoms with Gasteiger partial charge in [-0.15, -0.1) is 0 Å². The molecular weight excluding hydrogens is 342 g/mol. The van der Waals surface area contributed by atoms with Crippen molar-refractivity contribution in [2.45, 2.75) is 6.42 Å². The van der Waals surface area contributed by atoms with Gasteiger partial charge in [-0.05, 0) is 36.2 Å². The third kappa shape index (κ3) is 3.94. The van der Waals surface area contributed by atoms with E-state index in [1.807, 2.05) is 18.2 Å². The number of nitrogens with one attached hydrogen (secondary N) is 2. The molecule has 9 nitrogen and oxygen atoms in total. The molecule has 0 saturated carbocycles. The molecule has 1 aliphatic rings. The molecule has 2 aromatic rings. The molecule has 2 N–H and O–H groups in total. The van der Waals surface area contributed by atoms with Gasteiger partial charge < -0.3 is 24.8 Å². The maximum Gasteiger partial charge on any atom is 0.319 e. The fourth-order valence-electron chi connectivity index (χ4n) is 2.48. The normalized spacial score (nSPS) is 11.7. The summed E-state index contributed by atoms with van der Waals surface area (Å²) in [6.45, 7) is 0.565. The van der Waals surface area contributed by atoms with E-state index in [1.54, 1.807) is 0 Å². The summed E-state index contributed by atoms with van der Waals surface area (Å²) in [5.74, 6) is 1.72. The number of carbonyl (C=O) groups is 1. The Morgan fingerprint density at radius 3 is 2.81 bits per heavy atom. The molecule has 0 spiro atoms. The number of hydrogen-bond donors (Lipinski definition) is 2. The van der Waals surface area contributed by atoms with Crippen molar-refractivity contribution in [1.82, 2.24) is 5.32 Å². The topological polar surface area (TPSA) is 112 Å². The van der Waals surface area contributed by atoms with Crippen molar-refractivity contribution in [2.75, 3.05) is 25.8 Å². The third-order valence-electron chi connectivity index (χ3n) is 3.79. The summed E-state index contributed by atoms with van der Waals surface area (Å²) in [6.07, 6.45) is 0.578. The Morgan fingerprint density at radius 2 is 2.04 bits per heavy atom. The van der Waals surface area contributed by atoms with Crippen LogP contribution in [0.1, 0.15) is 5.56 Å². The number of ether oxygens (including phenoxy) is 3. The number of hydrogen-bond acceptors (Lipinski definition) is 6. The lowest BCUT2D eigenvalue weighted by Gasteiger charge is -2.09. The molecule has 0 atom stereocenters. The largest absolute Gasteiger partial charge is 0.496 e. The van der Waals surface area contributed by atoms with Gasteiger partial charge in [-0.3, -0.25) is 10.1 Å². The van der Waals surface area contributed by atoms with Crippen molar-refractivity contribution in [1.29, 1.82) is 0 Å².